The van der Waals surface area contributed by atoms with Crippen molar-refractivity contribution in [1.82, 2.24) is 26.6 Å². The minimum Gasteiger partial charge on any atom is -0.390 e. The van der Waals surface area contributed by atoms with Crippen LogP contribution in [-0.2, 0) is 42.9 Å². The minimum atomic E-state index is -4.95. The van der Waals surface area contributed by atoms with Crippen molar-refractivity contribution < 1.29 is 84.6 Å². The lowest BCUT2D eigenvalue weighted by Gasteiger charge is -2.14. The Morgan fingerprint density at radius 2 is 0.909 bits per heavy atom. The molecule has 0 bridgehead atoms. The van der Waals surface area contributed by atoms with Gasteiger partial charge in [0.25, 0.3) is 0 Å². The van der Waals surface area contributed by atoms with E-state index in [9.17, 15) is 65.6 Å². The van der Waals surface area contributed by atoms with E-state index >= 15 is 0 Å². The normalized spacial score (nSPS) is 27.5. The highest BCUT2D eigenvalue weighted by molar-refractivity contribution is 5.83. The molecule has 24 heteroatoms. The number of carbonyl (C=O) groups is 5. The average molecular weight is 815 g/mol. The first-order valence-corrected chi connectivity index (χ1v) is 17.4. The predicted molar refractivity (Wildman–Crippen MR) is 177 cm³/mol. The molecule has 3 rings (SSSR count). The van der Waals surface area contributed by atoms with E-state index < -0.39 is 84.8 Å². The first-order chi connectivity index (χ1) is 25.7. The largest absolute Gasteiger partial charge is 0.471 e. The highest BCUT2D eigenvalue weighted by atomic mass is 19.4. The average Bonchev–Trinajstić information content (AvgIpc) is 3.82. The fourth-order valence-electron chi connectivity index (χ4n) is 5.20. The summed E-state index contributed by atoms with van der Waals surface area (Å²) in [6, 6.07) is 0. The molecule has 0 aromatic rings. The Bertz CT molecular complexity index is 1220. The standard InChI is InChI=1S/C11H17F3N2O5.C11H17F3N2O4.C9H18N2O3/c1-20-5-8-6(17)4-7(21-8)9(18)15-2-3-16-10(19)11(12,13)14;1-2-7-6(17)5-8(20-7)9(18)15-3-4-16-10(19)11(12,13)14;1-2-7-6(12)5-8(14-7)9(13)11-4-3-10/h6-8,17H,2-5H2,1H3,(H,15,18)(H,16,19);6-8,17H,2-5H2,1H3,(H,15,18)(H,16,19);6-8,12H,2-5,10H2,1H3,(H,11,13). The zero-order chi connectivity index (χ0) is 41.9. The van der Waals surface area contributed by atoms with E-state index in [-0.39, 0.29) is 57.6 Å². The quantitative estimate of drug-likeness (QED) is 0.0620. The van der Waals surface area contributed by atoms with Crippen molar-refractivity contribution >= 4 is 29.5 Å². The van der Waals surface area contributed by atoms with Gasteiger partial charge in [0.15, 0.2) is 0 Å². The van der Waals surface area contributed by atoms with Crippen LogP contribution in [0.15, 0.2) is 0 Å². The summed E-state index contributed by atoms with van der Waals surface area (Å²) in [4.78, 5) is 55.7. The Morgan fingerprint density at radius 1 is 0.600 bits per heavy atom. The Hall–Kier alpha value is -3.39. The van der Waals surface area contributed by atoms with Gasteiger partial charge in [-0.25, -0.2) is 0 Å². The van der Waals surface area contributed by atoms with E-state index in [0.717, 1.165) is 6.42 Å². The first-order valence-electron chi connectivity index (χ1n) is 17.4. The third-order valence-corrected chi connectivity index (χ3v) is 8.06. The van der Waals surface area contributed by atoms with Crippen LogP contribution in [0.1, 0.15) is 46.0 Å². The van der Waals surface area contributed by atoms with Gasteiger partial charge in [0, 0.05) is 65.6 Å². The maximum absolute atomic E-state index is 11.9. The summed E-state index contributed by atoms with van der Waals surface area (Å²) in [5, 5.41) is 39.2. The van der Waals surface area contributed by atoms with Crippen LogP contribution in [-0.4, -0.2) is 165 Å². The number of methoxy groups -OCH3 is 1. The molecule has 9 atom stereocenters. The van der Waals surface area contributed by atoms with Gasteiger partial charge in [-0.15, -0.1) is 0 Å². The molecule has 10 N–H and O–H groups in total. The van der Waals surface area contributed by atoms with Gasteiger partial charge in [-0.1, -0.05) is 13.8 Å². The van der Waals surface area contributed by atoms with Crippen molar-refractivity contribution in [2.75, 3.05) is 53.0 Å². The fraction of sp³-hybridized carbons (Fsp3) is 0.839. The zero-order valence-corrected chi connectivity index (χ0v) is 30.5. The Morgan fingerprint density at radius 3 is 1.20 bits per heavy atom. The molecular weight excluding hydrogens is 762 g/mol. The molecular formula is C31H52F6N6O12. The Kier molecular flexibility index (Phi) is 21.9. The number of hydrogen-bond acceptors (Lipinski definition) is 13. The van der Waals surface area contributed by atoms with E-state index in [1.165, 1.54) is 7.11 Å². The number of halogens is 6. The second-order valence-electron chi connectivity index (χ2n) is 12.3. The highest BCUT2D eigenvalue weighted by Gasteiger charge is 2.41. The molecule has 3 fully saturated rings. The molecule has 3 aliphatic heterocycles. The maximum atomic E-state index is 11.9. The molecule has 3 aliphatic rings. The van der Waals surface area contributed by atoms with Gasteiger partial charge in [-0.05, 0) is 12.8 Å². The van der Waals surface area contributed by atoms with Crippen molar-refractivity contribution in [3.63, 3.8) is 0 Å². The Balaban J connectivity index is 0.000000421. The number of carbonyl (C=O) groups excluding carboxylic acids is 5. The number of aliphatic hydroxyl groups excluding tert-OH is 3. The molecule has 0 aromatic heterocycles. The smallest absolute Gasteiger partial charge is 0.390 e. The van der Waals surface area contributed by atoms with Crippen LogP contribution in [0.4, 0.5) is 26.3 Å². The number of hydrogen-bond donors (Lipinski definition) is 9. The number of nitrogens with two attached hydrogens (primary N) is 1. The van der Waals surface area contributed by atoms with E-state index in [0.29, 0.717) is 25.9 Å². The maximum Gasteiger partial charge on any atom is 0.471 e. The van der Waals surface area contributed by atoms with Crippen LogP contribution in [0, 0.1) is 0 Å². The van der Waals surface area contributed by atoms with Gasteiger partial charge in [0.2, 0.25) is 17.7 Å². The van der Waals surface area contributed by atoms with Crippen LogP contribution >= 0.6 is 0 Å². The van der Waals surface area contributed by atoms with Crippen LogP contribution < -0.4 is 32.3 Å². The minimum absolute atomic E-state index is 0.0781. The van der Waals surface area contributed by atoms with Gasteiger partial charge < -0.3 is 66.6 Å². The van der Waals surface area contributed by atoms with Gasteiger partial charge in [0.05, 0.1) is 37.1 Å². The SMILES string of the molecule is CCC1OC(C(=O)NCCN)CC1O.CCC1OC(C(=O)NCCNC(=O)C(F)(F)F)CC1O.COCC1OC(C(=O)NCCNC(=O)C(F)(F)F)CC1O. The van der Waals surface area contributed by atoms with Crippen LogP contribution in [0.3, 0.4) is 0 Å². The van der Waals surface area contributed by atoms with Crippen LogP contribution in [0.25, 0.3) is 0 Å². The van der Waals surface area contributed by atoms with E-state index in [1.54, 1.807) is 17.6 Å². The molecule has 18 nitrogen and oxygen atoms in total. The highest BCUT2D eigenvalue weighted by Crippen LogP contribution is 2.24. The molecule has 0 spiro atoms. The van der Waals surface area contributed by atoms with E-state index in [4.69, 9.17) is 24.7 Å². The third-order valence-electron chi connectivity index (χ3n) is 8.06. The van der Waals surface area contributed by atoms with Gasteiger partial charge >= 0.3 is 24.2 Å². The van der Waals surface area contributed by atoms with Crippen molar-refractivity contribution in [1.29, 1.82) is 0 Å². The molecule has 3 saturated heterocycles. The lowest BCUT2D eigenvalue weighted by atomic mass is 10.1. The van der Waals surface area contributed by atoms with Crippen molar-refractivity contribution in [2.24, 2.45) is 5.73 Å². The molecule has 5 amide bonds. The lowest BCUT2D eigenvalue weighted by Crippen LogP contribution is -2.43. The van der Waals surface area contributed by atoms with E-state index in [2.05, 4.69) is 16.0 Å². The summed E-state index contributed by atoms with van der Waals surface area (Å²) in [5.41, 5.74) is 5.25. The monoisotopic (exact) mass is 814 g/mol. The predicted octanol–water partition coefficient (Wildman–Crippen LogP) is -2.35. The van der Waals surface area contributed by atoms with Gasteiger partial charge in [0.1, 0.15) is 24.4 Å². The topological polar surface area (TPSA) is 269 Å². The molecule has 3 heterocycles. The lowest BCUT2D eigenvalue weighted by molar-refractivity contribution is -0.173. The van der Waals surface area contributed by atoms with Crippen LogP contribution in [0.5, 0.6) is 0 Å². The number of amides is 5. The molecule has 320 valence electrons. The van der Waals surface area contributed by atoms with E-state index in [1.807, 2.05) is 6.92 Å². The number of rotatable bonds is 15. The summed E-state index contributed by atoms with van der Waals surface area (Å²) in [5.74, 6) is -5.37. The second-order valence-corrected chi connectivity index (χ2v) is 12.3. The van der Waals surface area contributed by atoms with Gasteiger partial charge in [-0.2, -0.15) is 26.3 Å². The number of alkyl halides is 6. The van der Waals surface area contributed by atoms with Crippen molar-refractivity contribution in [2.45, 2.75) is 113 Å². The summed E-state index contributed by atoms with van der Waals surface area (Å²) < 4.78 is 91.9. The van der Waals surface area contributed by atoms with Crippen LogP contribution in [0.2, 0.25) is 0 Å². The van der Waals surface area contributed by atoms with Crippen molar-refractivity contribution in [3.8, 4) is 0 Å². The molecule has 0 saturated carbocycles. The fourth-order valence-corrected chi connectivity index (χ4v) is 5.20. The molecule has 55 heavy (non-hydrogen) atoms. The summed E-state index contributed by atoms with van der Waals surface area (Å²) in [7, 11) is 1.42. The second kappa shape index (κ2) is 24.3. The Labute approximate surface area is 312 Å². The molecule has 9 unspecified atom stereocenters. The zero-order valence-electron chi connectivity index (χ0n) is 30.5. The molecule has 0 aliphatic carbocycles. The summed E-state index contributed by atoms with van der Waals surface area (Å²) >= 11 is 0. The van der Waals surface area contributed by atoms with Gasteiger partial charge in [-0.3, -0.25) is 24.0 Å². The first kappa shape index (κ1) is 49.6. The number of nitrogens with one attached hydrogen (secondary N) is 5. The summed E-state index contributed by atoms with van der Waals surface area (Å²) in [6.07, 6.45) is -13.5. The third kappa shape index (κ3) is 18.0. The summed E-state index contributed by atoms with van der Waals surface area (Å²) in [6.45, 7) is 3.71. The van der Waals surface area contributed by atoms with Crippen molar-refractivity contribution in [3.05, 3.63) is 0 Å². The molecule has 0 radical (unpaired) electrons. The molecule has 0 aromatic carbocycles. The number of aliphatic hydroxyl groups is 3. The number of ether oxygens (including phenoxy) is 4.